The van der Waals surface area contributed by atoms with Crippen LogP contribution < -0.4 is 10.6 Å². The van der Waals surface area contributed by atoms with E-state index in [4.69, 9.17) is 5.73 Å². The first-order valence-corrected chi connectivity index (χ1v) is 9.21. The fourth-order valence-electron chi connectivity index (χ4n) is 4.28. The van der Waals surface area contributed by atoms with E-state index in [1.54, 1.807) is 6.07 Å². The number of aliphatic hydroxyl groups excluding tert-OH is 1. The molecule has 2 aromatic rings. The summed E-state index contributed by atoms with van der Waals surface area (Å²) in [4.78, 5) is 17.7. The number of urea groups is 1. The van der Waals surface area contributed by atoms with Gasteiger partial charge in [0.1, 0.15) is 6.04 Å². The number of aliphatic hydroxyl groups is 1. The van der Waals surface area contributed by atoms with Crippen molar-refractivity contribution in [2.24, 2.45) is 5.73 Å². The molecule has 12 heteroatoms. The van der Waals surface area contributed by atoms with E-state index in [-0.39, 0.29) is 49.4 Å². The monoisotopic (exact) mass is 416 g/mol. The lowest BCUT2D eigenvalue weighted by Gasteiger charge is -2.36. The Morgan fingerprint density at radius 2 is 2.03 bits per heavy atom. The van der Waals surface area contributed by atoms with Gasteiger partial charge in [0.05, 0.1) is 6.10 Å². The highest BCUT2D eigenvalue weighted by atomic mass is 19.4. The lowest BCUT2D eigenvalue weighted by atomic mass is 9.89. The molecule has 8 nitrogen and oxygen atoms in total. The molecule has 0 spiro atoms. The number of primary amides is 1. The number of alkyl halides is 4. The highest BCUT2D eigenvalue weighted by Crippen LogP contribution is 2.44. The maximum Gasteiger partial charge on any atom is 0.408 e. The minimum atomic E-state index is -4.63. The van der Waals surface area contributed by atoms with Gasteiger partial charge < -0.3 is 20.6 Å². The van der Waals surface area contributed by atoms with Crippen molar-refractivity contribution in [2.75, 3.05) is 18.0 Å². The van der Waals surface area contributed by atoms with Crippen LogP contribution in [0.5, 0.6) is 0 Å². The highest BCUT2D eigenvalue weighted by Gasteiger charge is 2.52. The topological polar surface area (TPSA) is 100.0 Å². The number of carbonyl (C=O) groups is 1. The number of aromatic nitrogens is 3. The summed E-state index contributed by atoms with van der Waals surface area (Å²) in [6.45, 7) is 0.0905. The van der Waals surface area contributed by atoms with Crippen LogP contribution in [-0.2, 0) is 0 Å². The third-order valence-electron chi connectivity index (χ3n) is 5.50. The van der Waals surface area contributed by atoms with E-state index in [9.17, 15) is 27.5 Å². The van der Waals surface area contributed by atoms with E-state index < -0.39 is 36.6 Å². The van der Waals surface area contributed by atoms with Crippen molar-refractivity contribution in [3.63, 3.8) is 0 Å². The van der Waals surface area contributed by atoms with E-state index in [1.807, 2.05) is 0 Å². The molecule has 0 radical (unpaired) electrons. The Labute approximate surface area is 162 Å². The van der Waals surface area contributed by atoms with Gasteiger partial charge in [0.25, 0.3) is 0 Å². The quantitative estimate of drug-likeness (QED) is 0.574. The number of rotatable bonds is 2. The fraction of sp³-hybridized carbons (Fsp3) is 0.588. The summed E-state index contributed by atoms with van der Waals surface area (Å²) in [5.74, 6) is -0.769. The number of hydrogen-bond donors (Lipinski definition) is 2. The molecular formula is C17H20F4N6O2. The van der Waals surface area contributed by atoms with Gasteiger partial charge in [0, 0.05) is 37.0 Å². The average Bonchev–Trinajstić information content (AvgIpc) is 3.20. The number of nitrogens with two attached hydrogens (primary N) is 1. The molecule has 0 aromatic carbocycles. The van der Waals surface area contributed by atoms with Crippen molar-refractivity contribution in [2.45, 2.75) is 49.8 Å². The van der Waals surface area contributed by atoms with Gasteiger partial charge in [-0.05, 0) is 25.3 Å². The molecule has 2 aromatic heterocycles. The van der Waals surface area contributed by atoms with E-state index >= 15 is 0 Å². The molecule has 2 saturated heterocycles. The molecule has 2 amide bonds. The van der Waals surface area contributed by atoms with Crippen molar-refractivity contribution < 1.29 is 27.5 Å². The number of carbonyl (C=O) groups excluding carboxylic acids is 1. The van der Waals surface area contributed by atoms with Crippen molar-refractivity contribution in [3.8, 4) is 0 Å². The number of fused-ring (bicyclic) bond motifs is 1. The maximum absolute atomic E-state index is 14.6. The van der Waals surface area contributed by atoms with Gasteiger partial charge in [-0.1, -0.05) is 0 Å². The minimum absolute atomic E-state index is 0.0223. The molecule has 2 aliphatic heterocycles. The molecule has 0 bridgehead atoms. The smallest absolute Gasteiger partial charge is 0.391 e. The molecule has 0 aliphatic carbocycles. The van der Waals surface area contributed by atoms with Crippen molar-refractivity contribution >= 4 is 17.5 Å². The van der Waals surface area contributed by atoms with Crippen molar-refractivity contribution in [1.82, 2.24) is 19.5 Å². The first-order chi connectivity index (χ1) is 13.7. The molecule has 2 fully saturated rings. The van der Waals surface area contributed by atoms with Gasteiger partial charge in [0.2, 0.25) is 0 Å². The molecule has 4 atom stereocenters. The van der Waals surface area contributed by atoms with Gasteiger partial charge in [0.15, 0.2) is 17.8 Å². The van der Waals surface area contributed by atoms with Gasteiger partial charge in [-0.2, -0.15) is 13.2 Å². The fourth-order valence-corrected chi connectivity index (χ4v) is 4.28. The summed E-state index contributed by atoms with van der Waals surface area (Å²) in [6.07, 6.45) is -4.95. The van der Waals surface area contributed by atoms with Crippen LogP contribution in [0.1, 0.15) is 30.7 Å². The summed E-state index contributed by atoms with van der Waals surface area (Å²) in [5, 5.41) is 14.4. The summed E-state index contributed by atoms with van der Waals surface area (Å²) in [6, 6.07) is -1.21. The van der Waals surface area contributed by atoms with Crippen LogP contribution in [-0.4, -0.2) is 68.3 Å². The van der Waals surface area contributed by atoms with Crippen LogP contribution in [0.2, 0.25) is 0 Å². The number of amides is 2. The summed E-state index contributed by atoms with van der Waals surface area (Å²) < 4.78 is 56.6. The number of piperidine rings is 1. The number of β-amino-alcohol motifs (C(OH)–C–C–N with tert-alkyl or cyclic N) is 1. The summed E-state index contributed by atoms with van der Waals surface area (Å²) >= 11 is 0. The number of hydrogen-bond acceptors (Lipinski definition) is 5. The first kappa shape index (κ1) is 19.7. The lowest BCUT2D eigenvalue weighted by molar-refractivity contribution is -0.147. The maximum atomic E-state index is 14.6. The zero-order valence-electron chi connectivity index (χ0n) is 15.3. The zero-order chi connectivity index (χ0) is 20.9. The molecule has 4 rings (SSSR count). The third-order valence-corrected chi connectivity index (χ3v) is 5.50. The number of anilines is 1. The Morgan fingerprint density at radius 1 is 1.28 bits per heavy atom. The van der Waals surface area contributed by atoms with Crippen LogP contribution >= 0.6 is 0 Å². The summed E-state index contributed by atoms with van der Waals surface area (Å²) in [7, 11) is 0. The van der Waals surface area contributed by atoms with Crippen molar-refractivity contribution in [1.29, 1.82) is 0 Å². The first-order valence-electron chi connectivity index (χ1n) is 9.21. The second kappa shape index (κ2) is 7.01. The predicted octanol–water partition coefficient (Wildman–Crippen LogP) is 1.78. The van der Waals surface area contributed by atoms with Gasteiger partial charge in [-0.15, -0.1) is 5.10 Å². The van der Waals surface area contributed by atoms with Gasteiger partial charge in [-0.3, -0.25) is 0 Å². The van der Waals surface area contributed by atoms with Crippen LogP contribution in [0.25, 0.3) is 5.65 Å². The third kappa shape index (κ3) is 3.45. The number of likely N-dealkylation sites (tertiary alicyclic amines) is 1. The Morgan fingerprint density at radius 3 is 2.72 bits per heavy atom. The summed E-state index contributed by atoms with van der Waals surface area (Å²) in [5.41, 5.74) is 5.87. The Bertz CT molecular complexity index is 919. The molecule has 3 unspecified atom stereocenters. The van der Waals surface area contributed by atoms with Crippen LogP contribution in [0.15, 0.2) is 18.5 Å². The molecule has 3 N–H and O–H groups in total. The second-order valence-corrected chi connectivity index (χ2v) is 7.43. The average molecular weight is 416 g/mol. The van der Waals surface area contributed by atoms with Crippen molar-refractivity contribution in [3.05, 3.63) is 24.0 Å². The lowest BCUT2D eigenvalue weighted by Crippen LogP contribution is -2.48. The van der Waals surface area contributed by atoms with E-state index in [2.05, 4.69) is 10.1 Å². The standard InChI is InChI=1S/C17H20F4N6O2/c18-12-3-2-11(17(19,20)21)27(12)15-13(14-23-4-1-5-26(14)24-15)9-6-10(28)8-25(7-9)16(22)29/h1,4-5,9-12,28H,2-3,6-8H2,(H2,22,29)/t9?,10?,11-,12?/m1/s1. The molecule has 2 aliphatic rings. The largest absolute Gasteiger partial charge is 0.408 e. The zero-order valence-corrected chi connectivity index (χ0v) is 15.3. The van der Waals surface area contributed by atoms with Crippen LogP contribution in [0.3, 0.4) is 0 Å². The van der Waals surface area contributed by atoms with E-state index in [0.29, 0.717) is 4.90 Å². The molecule has 158 valence electrons. The SMILES string of the molecule is NC(=O)N1CC(O)CC(c2c(N3C(F)CC[C@@H]3C(F)(F)F)nn3cccnc23)C1. The van der Waals surface area contributed by atoms with E-state index in [1.165, 1.54) is 21.8 Å². The minimum Gasteiger partial charge on any atom is -0.391 e. The molecule has 0 saturated carbocycles. The molecule has 29 heavy (non-hydrogen) atoms. The second-order valence-electron chi connectivity index (χ2n) is 7.43. The van der Waals surface area contributed by atoms with Gasteiger partial charge in [-0.25, -0.2) is 18.7 Å². The molecular weight excluding hydrogens is 396 g/mol. The Hall–Kier alpha value is -2.63. The number of halogens is 4. The Kier molecular flexibility index (Phi) is 4.75. The van der Waals surface area contributed by atoms with Gasteiger partial charge >= 0.3 is 12.2 Å². The highest BCUT2D eigenvalue weighted by molar-refractivity contribution is 5.73. The predicted molar refractivity (Wildman–Crippen MR) is 94.0 cm³/mol. The molecule has 4 heterocycles. The van der Waals surface area contributed by atoms with Crippen LogP contribution in [0.4, 0.5) is 28.2 Å². The Balaban J connectivity index is 1.84. The normalized spacial score (nSPS) is 28.3. The van der Waals surface area contributed by atoms with Crippen LogP contribution in [0, 0.1) is 0 Å². The van der Waals surface area contributed by atoms with E-state index in [0.717, 1.165) is 0 Å². The number of nitrogens with zero attached hydrogens (tertiary/aromatic N) is 5.